The number of phosphoric ester groups is 1. The summed E-state index contributed by atoms with van der Waals surface area (Å²) in [7, 11) is -3.21. The van der Waals surface area contributed by atoms with Crippen molar-refractivity contribution in [3.63, 3.8) is 0 Å². The molecular weight excluding hydrogens is 639 g/mol. The molecule has 0 saturated heterocycles. The highest BCUT2D eigenvalue weighted by molar-refractivity contribution is 7.47. The standard InChI is InChI=1S/C40H71O8P/c1-4-6-8-10-12-14-16-18-20-22-24-26-28-30-32-34-39(41)46-36-38(37-47-49(43,44)45-3)48-40(42)35-33-31-29-27-25-23-21-19-17-15-13-11-9-7-5-2/h12-15,18-21,38H,4-11,16-17,22-37H2,1-3H3,(H,43,44)/b14-12-,15-13-,20-18-,21-19-. The van der Waals surface area contributed by atoms with Gasteiger partial charge < -0.3 is 14.4 Å². The van der Waals surface area contributed by atoms with Gasteiger partial charge in [-0.1, -0.05) is 127 Å². The van der Waals surface area contributed by atoms with Gasteiger partial charge in [0.15, 0.2) is 6.10 Å². The van der Waals surface area contributed by atoms with Crippen molar-refractivity contribution in [3.8, 4) is 0 Å². The minimum Gasteiger partial charge on any atom is -0.462 e. The number of carbonyl (C=O) groups excluding carboxylic acids is 2. The van der Waals surface area contributed by atoms with E-state index in [9.17, 15) is 19.0 Å². The van der Waals surface area contributed by atoms with Gasteiger partial charge in [0.05, 0.1) is 6.61 Å². The number of unbranched alkanes of at least 4 members (excludes halogenated alkanes) is 16. The summed E-state index contributed by atoms with van der Waals surface area (Å²) in [5.74, 6) is -0.839. The van der Waals surface area contributed by atoms with Crippen LogP contribution in [0.15, 0.2) is 48.6 Å². The van der Waals surface area contributed by atoms with E-state index in [1.165, 1.54) is 51.4 Å². The van der Waals surface area contributed by atoms with Crippen molar-refractivity contribution in [3.05, 3.63) is 48.6 Å². The number of rotatable bonds is 35. The molecule has 0 aliphatic carbocycles. The molecule has 2 unspecified atom stereocenters. The fourth-order valence-electron chi connectivity index (χ4n) is 5.01. The fraction of sp³-hybridized carbons (Fsp3) is 0.750. The second kappa shape index (κ2) is 35.8. The van der Waals surface area contributed by atoms with Gasteiger partial charge in [0, 0.05) is 20.0 Å². The van der Waals surface area contributed by atoms with E-state index in [-0.39, 0.29) is 25.4 Å². The van der Waals surface area contributed by atoms with Crippen LogP contribution in [0.1, 0.15) is 168 Å². The Morgan fingerprint density at radius 3 is 1.43 bits per heavy atom. The van der Waals surface area contributed by atoms with Gasteiger partial charge in [0.1, 0.15) is 6.61 Å². The van der Waals surface area contributed by atoms with Crippen LogP contribution in [0.25, 0.3) is 0 Å². The lowest BCUT2D eigenvalue weighted by Gasteiger charge is -2.19. The third-order valence-electron chi connectivity index (χ3n) is 8.05. The lowest BCUT2D eigenvalue weighted by atomic mass is 10.1. The van der Waals surface area contributed by atoms with Crippen LogP contribution in [0.3, 0.4) is 0 Å². The Labute approximate surface area is 299 Å². The van der Waals surface area contributed by atoms with E-state index in [2.05, 4.69) is 67.0 Å². The van der Waals surface area contributed by atoms with Crippen molar-refractivity contribution < 1.29 is 37.6 Å². The Bertz CT molecular complexity index is 943. The summed E-state index contributed by atoms with van der Waals surface area (Å²) in [5, 5.41) is 0. The van der Waals surface area contributed by atoms with Gasteiger partial charge in [0.2, 0.25) is 0 Å². The first-order valence-corrected chi connectivity index (χ1v) is 20.8. The third-order valence-corrected chi connectivity index (χ3v) is 8.98. The fourth-order valence-corrected chi connectivity index (χ4v) is 5.47. The molecule has 1 N–H and O–H groups in total. The largest absolute Gasteiger partial charge is 0.472 e. The first kappa shape index (κ1) is 47.0. The van der Waals surface area contributed by atoms with Crippen molar-refractivity contribution in [2.45, 2.75) is 174 Å². The molecule has 0 spiro atoms. The number of ether oxygens (including phenoxy) is 2. The molecule has 2 atom stereocenters. The molecule has 49 heavy (non-hydrogen) atoms. The molecule has 0 saturated carbocycles. The zero-order chi connectivity index (χ0) is 36.1. The molecule has 8 nitrogen and oxygen atoms in total. The summed E-state index contributed by atoms with van der Waals surface area (Å²) < 4.78 is 31.9. The van der Waals surface area contributed by atoms with E-state index in [1.807, 2.05) is 0 Å². The summed E-state index contributed by atoms with van der Waals surface area (Å²) in [6.45, 7) is 3.80. The van der Waals surface area contributed by atoms with E-state index >= 15 is 0 Å². The van der Waals surface area contributed by atoms with Crippen LogP contribution in [0.2, 0.25) is 0 Å². The molecule has 0 aliphatic rings. The monoisotopic (exact) mass is 710 g/mol. The highest BCUT2D eigenvalue weighted by atomic mass is 31.2. The molecule has 0 bridgehead atoms. The van der Waals surface area contributed by atoms with Gasteiger partial charge in [-0.15, -0.1) is 0 Å². The summed E-state index contributed by atoms with van der Waals surface area (Å²) >= 11 is 0. The quantitative estimate of drug-likeness (QED) is 0.0300. The third kappa shape index (κ3) is 35.6. The number of carbonyl (C=O) groups is 2. The van der Waals surface area contributed by atoms with Gasteiger partial charge in [0.25, 0.3) is 0 Å². The van der Waals surface area contributed by atoms with E-state index in [4.69, 9.17) is 14.0 Å². The first-order valence-electron chi connectivity index (χ1n) is 19.3. The number of esters is 2. The molecule has 0 rings (SSSR count). The summed E-state index contributed by atoms with van der Waals surface area (Å²) in [4.78, 5) is 34.3. The Morgan fingerprint density at radius 1 is 0.571 bits per heavy atom. The minimum absolute atomic E-state index is 0.224. The maximum atomic E-state index is 12.5. The highest BCUT2D eigenvalue weighted by Crippen LogP contribution is 2.42. The molecule has 0 fully saturated rings. The SMILES string of the molecule is CCCCC/C=C\C/C=C\CCCCCCCC(=O)OCC(COP(=O)(O)OC)OC(=O)CCCCCCC/C=C\C/C=C\CCCCC. The van der Waals surface area contributed by atoms with E-state index in [0.29, 0.717) is 6.42 Å². The summed E-state index contributed by atoms with van der Waals surface area (Å²) in [6, 6.07) is 0. The average molecular weight is 711 g/mol. The van der Waals surface area contributed by atoms with Crippen LogP contribution < -0.4 is 0 Å². The Balaban J connectivity index is 4.11. The molecule has 0 amide bonds. The molecule has 0 aliphatic heterocycles. The predicted octanol–water partition coefficient (Wildman–Crippen LogP) is 11.8. The lowest BCUT2D eigenvalue weighted by molar-refractivity contribution is -0.161. The van der Waals surface area contributed by atoms with Gasteiger partial charge in [-0.25, -0.2) is 4.57 Å². The molecule has 0 aromatic heterocycles. The topological polar surface area (TPSA) is 108 Å². The maximum absolute atomic E-state index is 12.5. The second-order valence-corrected chi connectivity index (χ2v) is 14.3. The van der Waals surface area contributed by atoms with Crippen LogP contribution in [0.4, 0.5) is 0 Å². The van der Waals surface area contributed by atoms with Gasteiger partial charge in [-0.2, -0.15) is 0 Å². The van der Waals surface area contributed by atoms with Crippen LogP contribution in [0, 0.1) is 0 Å². The van der Waals surface area contributed by atoms with Crippen molar-refractivity contribution in [1.82, 2.24) is 0 Å². The molecular formula is C40H71O8P. The second-order valence-electron chi connectivity index (χ2n) is 12.7. The van der Waals surface area contributed by atoms with Gasteiger partial charge in [-0.05, 0) is 77.0 Å². The maximum Gasteiger partial charge on any atom is 0.472 e. The average Bonchev–Trinajstić information content (AvgIpc) is 3.09. The van der Waals surface area contributed by atoms with Crippen LogP contribution in [0.5, 0.6) is 0 Å². The highest BCUT2D eigenvalue weighted by Gasteiger charge is 2.24. The van der Waals surface area contributed by atoms with Crippen molar-refractivity contribution in [1.29, 1.82) is 0 Å². The molecule has 0 aromatic rings. The van der Waals surface area contributed by atoms with Crippen LogP contribution >= 0.6 is 7.82 Å². The van der Waals surface area contributed by atoms with E-state index < -0.39 is 26.5 Å². The smallest absolute Gasteiger partial charge is 0.462 e. The van der Waals surface area contributed by atoms with Gasteiger partial charge >= 0.3 is 19.8 Å². The van der Waals surface area contributed by atoms with E-state index in [0.717, 1.165) is 90.6 Å². The zero-order valence-electron chi connectivity index (χ0n) is 31.3. The Morgan fingerprint density at radius 2 is 0.980 bits per heavy atom. The summed E-state index contributed by atoms with van der Waals surface area (Å²) in [6.07, 6.45) is 41.5. The summed E-state index contributed by atoms with van der Waals surface area (Å²) in [5.41, 5.74) is 0. The molecule has 0 aromatic carbocycles. The molecule has 0 radical (unpaired) electrons. The van der Waals surface area contributed by atoms with Gasteiger partial charge in [-0.3, -0.25) is 18.6 Å². The van der Waals surface area contributed by atoms with E-state index in [1.54, 1.807) is 0 Å². The lowest BCUT2D eigenvalue weighted by Crippen LogP contribution is -2.29. The molecule has 284 valence electrons. The Kier molecular flexibility index (Phi) is 34.4. The number of hydrogen-bond acceptors (Lipinski definition) is 7. The number of allylic oxidation sites excluding steroid dienone is 8. The minimum atomic E-state index is -4.27. The van der Waals surface area contributed by atoms with Crippen LogP contribution in [-0.2, 0) is 32.7 Å². The van der Waals surface area contributed by atoms with Crippen molar-refractivity contribution in [2.75, 3.05) is 20.3 Å². The predicted molar refractivity (Wildman–Crippen MR) is 202 cm³/mol. The normalized spacial score (nSPS) is 14.0. The molecule has 9 heteroatoms. The van der Waals surface area contributed by atoms with Crippen molar-refractivity contribution >= 4 is 19.8 Å². The Hall–Kier alpha value is -1.99. The van der Waals surface area contributed by atoms with Crippen LogP contribution in [-0.4, -0.2) is 43.3 Å². The van der Waals surface area contributed by atoms with Crippen molar-refractivity contribution in [2.24, 2.45) is 0 Å². The molecule has 0 heterocycles. The number of hydrogen-bond donors (Lipinski definition) is 1. The zero-order valence-corrected chi connectivity index (χ0v) is 32.2. The number of phosphoric acid groups is 1. The first-order chi connectivity index (χ1) is 23.8.